The Morgan fingerprint density at radius 3 is 2.53 bits per heavy atom. The van der Waals surface area contributed by atoms with Gasteiger partial charge < -0.3 is 14.6 Å². The second-order valence-corrected chi connectivity index (χ2v) is 3.87. The van der Waals surface area contributed by atoms with Crippen LogP contribution in [0.15, 0.2) is 18.2 Å². The number of hydrogen-bond donors (Lipinski definition) is 1. The third kappa shape index (κ3) is 5.89. The lowest BCUT2D eigenvalue weighted by Gasteiger charge is -2.14. The molecule has 0 aliphatic carbocycles. The molecule has 19 heavy (non-hydrogen) atoms. The summed E-state index contributed by atoms with van der Waals surface area (Å²) in [5.41, 5.74) is 0.232. The predicted molar refractivity (Wildman–Crippen MR) is 59.4 cm³/mol. The first kappa shape index (κ1) is 15.7. The highest BCUT2D eigenvalue weighted by Crippen LogP contribution is 2.25. The third-order valence-electron chi connectivity index (χ3n) is 2.17. The minimum Gasteiger partial charge on any atom is -0.491 e. The van der Waals surface area contributed by atoms with Crippen LogP contribution in [0.3, 0.4) is 0 Å². The first-order chi connectivity index (χ1) is 8.79. The number of halogens is 4. The zero-order valence-electron chi connectivity index (χ0n) is 10.2. The molecule has 0 unspecified atom stereocenters. The maximum atomic E-state index is 13.0. The summed E-state index contributed by atoms with van der Waals surface area (Å²) in [4.78, 5) is 0. The second kappa shape index (κ2) is 6.72. The van der Waals surface area contributed by atoms with Gasteiger partial charge in [0, 0.05) is 5.56 Å². The molecule has 3 nitrogen and oxygen atoms in total. The van der Waals surface area contributed by atoms with Crippen LogP contribution in [0.2, 0.25) is 0 Å². The molecule has 1 rings (SSSR count). The minimum atomic E-state index is -4.37. The molecule has 0 heterocycles. The fraction of sp³-hybridized carbons (Fsp3) is 0.500. The van der Waals surface area contributed by atoms with Crippen molar-refractivity contribution in [2.24, 2.45) is 0 Å². The van der Waals surface area contributed by atoms with E-state index in [1.165, 1.54) is 13.0 Å². The molecule has 0 bridgehead atoms. The Morgan fingerprint density at radius 1 is 1.26 bits per heavy atom. The van der Waals surface area contributed by atoms with Crippen molar-refractivity contribution in [3.63, 3.8) is 0 Å². The normalized spacial score (nSPS) is 13.4. The van der Waals surface area contributed by atoms with E-state index >= 15 is 0 Å². The van der Waals surface area contributed by atoms with Gasteiger partial charge in [0.05, 0.1) is 12.7 Å². The monoisotopic (exact) mass is 282 g/mol. The van der Waals surface area contributed by atoms with Gasteiger partial charge in [0.1, 0.15) is 24.8 Å². The molecule has 0 spiro atoms. The number of ether oxygens (including phenoxy) is 2. The minimum absolute atomic E-state index is 0.124. The molecule has 0 radical (unpaired) electrons. The van der Waals surface area contributed by atoms with Gasteiger partial charge in [-0.3, -0.25) is 0 Å². The average molecular weight is 282 g/mol. The van der Waals surface area contributed by atoms with Gasteiger partial charge >= 0.3 is 6.18 Å². The molecule has 1 N–H and O–H groups in total. The molecule has 0 aliphatic heterocycles. The summed E-state index contributed by atoms with van der Waals surface area (Å²) < 4.78 is 57.8. The zero-order chi connectivity index (χ0) is 14.5. The Balaban J connectivity index is 2.45. The lowest BCUT2D eigenvalue weighted by atomic mass is 10.1. The average Bonchev–Trinajstić information content (AvgIpc) is 2.28. The molecular formula is C12H14F4O3. The molecule has 0 aromatic heterocycles. The summed E-state index contributed by atoms with van der Waals surface area (Å²) in [7, 11) is 0. The Labute approximate surface area is 107 Å². The van der Waals surface area contributed by atoms with Crippen LogP contribution in [0.5, 0.6) is 5.75 Å². The first-order valence-corrected chi connectivity index (χ1v) is 5.54. The van der Waals surface area contributed by atoms with E-state index in [2.05, 4.69) is 4.74 Å². The second-order valence-electron chi connectivity index (χ2n) is 3.87. The molecule has 1 aromatic carbocycles. The van der Waals surface area contributed by atoms with Gasteiger partial charge in [-0.05, 0) is 25.1 Å². The fourth-order valence-corrected chi connectivity index (χ4v) is 1.38. The molecule has 108 valence electrons. The standard InChI is InChI=1S/C12H14F4O3/c1-8(17)10-6-9(13)2-3-11(10)19-5-4-18-7-12(14,15)16/h2-3,6,8,17H,4-5,7H2,1H3/t8-/m0/s1. The van der Waals surface area contributed by atoms with Gasteiger partial charge in [-0.15, -0.1) is 0 Å². The number of alkyl halides is 3. The number of hydrogen-bond acceptors (Lipinski definition) is 3. The number of rotatable bonds is 6. The van der Waals surface area contributed by atoms with Gasteiger partial charge in [0.15, 0.2) is 0 Å². The largest absolute Gasteiger partial charge is 0.491 e. The smallest absolute Gasteiger partial charge is 0.411 e. The van der Waals surface area contributed by atoms with Crippen LogP contribution in [0.4, 0.5) is 17.6 Å². The van der Waals surface area contributed by atoms with Gasteiger partial charge in [-0.2, -0.15) is 13.2 Å². The summed E-state index contributed by atoms with van der Waals surface area (Å²) in [5, 5.41) is 9.41. The van der Waals surface area contributed by atoms with Gasteiger partial charge in [0.25, 0.3) is 0 Å². The maximum absolute atomic E-state index is 13.0. The van der Waals surface area contributed by atoms with Crippen LogP contribution in [0.1, 0.15) is 18.6 Å². The number of benzene rings is 1. The van der Waals surface area contributed by atoms with Crippen LogP contribution < -0.4 is 4.74 Å². The summed E-state index contributed by atoms with van der Waals surface area (Å²) in [6, 6.07) is 3.55. The Morgan fingerprint density at radius 2 is 1.95 bits per heavy atom. The van der Waals surface area contributed by atoms with Crippen molar-refractivity contribution in [1.82, 2.24) is 0 Å². The summed E-state index contributed by atoms with van der Waals surface area (Å²) >= 11 is 0. The lowest BCUT2D eigenvalue weighted by Crippen LogP contribution is -2.19. The number of aliphatic hydroxyl groups excluding tert-OH is 1. The Bertz CT molecular complexity index is 404. The van der Waals surface area contributed by atoms with E-state index in [-0.39, 0.29) is 24.5 Å². The van der Waals surface area contributed by atoms with E-state index in [9.17, 15) is 22.7 Å². The fourth-order valence-electron chi connectivity index (χ4n) is 1.38. The molecule has 0 saturated carbocycles. The quantitative estimate of drug-likeness (QED) is 0.644. The van der Waals surface area contributed by atoms with Crippen molar-refractivity contribution in [3.8, 4) is 5.75 Å². The molecule has 0 amide bonds. The van der Waals surface area contributed by atoms with E-state index in [1.54, 1.807) is 0 Å². The zero-order valence-corrected chi connectivity index (χ0v) is 10.2. The van der Waals surface area contributed by atoms with Crippen LogP contribution in [0, 0.1) is 5.82 Å². The molecule has 0 aliphatic rings. The molecule has 1 aromatic rings. The summed E-state index contributed by atoms with van der Waals surface area (Å²) in [5.74, 6) is -0.316. The Hall–Kier alpha value is -1.34. The van der Waals surface area contributed by atoms with E-state index in [0.29, 0.717) is 0 Å². The predicted octanol–water partition coefficient (Wildman–Crippen LogP) is 2.84. The first-order valence-electron chi connectivity index (χ1n) is 5.54. The SMILES string of the molecule is C[C@H](O)c1cc(F)ccc1OCCOCC(F)(F)F. The van der Waals surface area contributed by atoms with Crippen LogP contribution in [-0.4, -0.2) is 31.1 Å². The third-order valence-corrected chi connectivity index (χ3v) is 2.17. The maximum Gasteiger partial charge on any atom is 0.411 e. The van der Waals surface area contributed by atoms with Crippen molar-refractivity contribution in [2.75, 3.05) is 19.8 Å². The van der Waals surface area contributed by atoms with Crippen molar-refractivity contribution in [1.29, 1.82) is 0 Å². The molecule has 0 saturated heterocycles. The molecule has 7 heteroatoms. The summed E-state index contributed by atoms with van der Waals surface area (Å²) in [6.45, 7) is -0.289. The molecule has 0 fully saturated rings. The van der Waals surface area contributed by atoms with E-state index < -0.39 is 24.7 Å². The topological polar surface area (TPSA) is 38.7 Å². The van der Waals surface area contributed by atoms with E-state index in [0.717, 1.165) is 12.1 Å². The van der Waals surface area contributed by atoms with Crippen LogP contribution in [-0.2, 0) is 4.74 Å². The van der Waals surface area contributed by atoms with Crippen molar-refractivity contribution in [3.05, 3.63) is 29.6 Å². The molecular weight excluding hydrogens is 268 g/mol. The highest BCUT2D eigenvalue weighted by atomic mass is 19.4. The van der Waals surface area contributed by atoms with Gasteiger partial charge in [0.2, 0.25) is 0 Å². The lowest BCUT2D eigenvalue weighted by molar-refractivity contribution is -0.175. The highest BCUT2D eigenvalue weighted by molar-refractivity contribution is 5.35. The number of aliphatic hydroxyl groups is 1. The summed E-state index contributed by atoms with van der Waals surface area (Å²) in [6.07, 6.45) is -5.32. The van der Waals surface area contributed by atoms with E-state index in [4.69, 9.17) is 4.74 Å². The highest BCUT2D eigenvalue weighted by Gasteiger charge is 2.27. The van der Waals surface area contributed by atoms with Crippen LogP contribution in [0.25, 0.3) is 0 Å². The van der Waals surface area contributed by atoms with Gasteiger partial charge in [-0.25, -0.2) is 4.39 Å². The van der Waals surface area contributed by atoms with Crippen molar-refractivity contribution < 1.29 is 32.1 Å². The van der Waals surface area contributed by atoms with E-state index in [1.807, 2.05) is 0 Å². The van der Waals surface area contributed by atoms with Crippen molar-refractivity contribution in [2.45, 2.75) is 19.2 Å². The van der Waals surface area contributed by atoms with Crippen molar-refractivity contribution >= 4 is 0 Å². The molecule has 1 atom stereocenters. The van der Waals surface area contributed by atoms with Crippen LogP contribution >= 0.6 is 0 Å². The Kier molecular flexibility index (Phi) is 5.56. The van der Waals surface area contributed by atoms with Gasteiger partial charge in [-0.1, -0.05) is 0 Å².